The average molecular weight is 227 g/mol. The molecule has 1 aromatic heterocycles. The van der Waals surface area contributed by atoms with Crippen molar-refractivity contribution in [2.75, 3.05) is 6.61 Å². The summed E-state index contributed by atoms with van der Waals surface area (Å²) in [5.74, 6) is 0.466. The molecule has 1 N–H and O–H groups in total. The third-order valence-corrected chi connectivity index (χ3v) is 2.69. The predicted molar refractivity (Wildman–Crippen MR) is 58.4 cm³/mol. The highest BCUT2D eigenvalue weighted by molar-refractivity contribution is 7.71. The van der Waals surface area contributed by atoms with Gasteiger partial charge >= 0.3 is 0 Å². The lowest BCUT2D eigenvalue weighted by Gasteiger charge is -2.19. The lowest BCUT2D eigenvalue weighted by atomic mass is 10.2. The first-order valence-corrected chi connectivity index (χ1v) is 5.13. The van der Waals surface area contributed by atoms with E-state index in [4.69, 9.17) is 21.8 Å². The summed E-state index contributed by atoms with van der Waals surface area (Å²) in [6, 6.07) is 0. The van der Waals surface area contributed by atoms with Crippen LogP contribution in [0, 0.1) is 11.6 Å². The quantitative estimate of drug-likeness (QED) is 0.739. The van der Waals surface area contributed by atoms with Crippen LogP contribution in [-0.2, 0) is 16.6 Å². The van der Waals surface area contributed by atoms with Gasteiger partial charge in [-0.3, -0.25) is 4.68 Å². The minimum Gasteiger partial charge on any atom is -0.468 e. The molecule has 1 aromatic rings. The minimum absolute atomic E-state index is 0.00602. The van der Waals surface area contributed by atoms with Crippen molar-refractivity contribution in [3.8, 4) is 0 Å². The minimum atomic E-state index is 0.00602. The fraction of sp³-hybridized carbons (Fsp3) is 0.556. The number of aromatic nitrogens is 2. The first kappa shape index (κ1) is 10.2. The van der Waals surface area contributed by atoms with E-state index in [1.54, 1.807) is 4.68 Å². The Morgan fingerprint density at radius 3 is 2.87 bits per heavy atom. The van der Waals surface area contributed by atoms with E-state index < -0.39 is 0 Å². The molecule has 0 bridgehead atoms. The van der Waals surface area contributed by atoms with Crippen LogP contribution in [0.2, 0.25) is 0 Å². The van der Waals surface area contributed by atoms with E-state index in [9.17, 15) is 0 Å². The van der Waals surface area contributed by atoms with E-state index in [0.29, 0.717) is 17.1 Å². The van der Waals surface area contributed by atoms with Crippen molar-refractivity contribution < 1.29 is 9.57 Å². The van der Waals surface area contributed by atoms with Crippen molar-refractivity contribution in [2.45, 2.75) is 20.0 Å². The molecule has 0 radical (unpaired) electrons. The van der Waals surface area contributed by atoms with Gasteiger partial charge < -0.3 is 14.7 Å². The molecule has 2 rings (SSSR count). The Labute approximate surface area is 92.7 Å². The Bertz CT molecular complexity index is 460. The maximum absolute atomic E-state index is 5.57. The van der Waals surface area contributed by atoms with Crippen molar-refractivity contribution in [3.63, 3.8) is 0 Å². The molecule has 1 aliphatic rings. The zero-order chi connectivity index (χ0) is 11.0. The van der Waals surface area contributed by atoms with Gasteiger partial charge in [-0.15, -0.1) is 0 Å². The summed E-state index contributed by atoms with van der Waals surface area (Å²) in [4.78, 5) is 5.06. The molecule has 1 aliphatic heterocycles. The summed E-state index contributed by atoms with van der Waals surface area (Å²) < 4.78 is 8.00. The van der Waals surface area contributed by atoms with Gasteiger partial charge in [-0.1, -0.05) is 12.2 Å². The molecule has 0 saturated heterocycles. The number of H-pyrrole nitrogens is 1. The summed E-state index contributed by atoms with van der Waals surface area (Å²) in [6.45, 7) is 4.34. The largest absolute Gasteiger partial charge is 0.468 e. The number of nitrogens with one attached hydrogen (secondary N) is 1. The Kier molecular flexibility index (Phi) is 2.52. The Balaban J connectivity index is 2.45. The highest BCUT2D eigenvalue weighted by Gasteiger charge is 2.21. The fourth-order valence-corrected chi connectivity index (χ4v) is 1.78. The molecule has 0 saturated carbocycles. The van der Waals surface area contributed by atoms with Gasteiger partial charge in [-0.25, -0.2) is 0 Å². The number of hydrogen-bond donors (Lipinski definition) is 1. The van der Waals surface area contributed by atoms with Crippen LogP contribution in [0.1, 0.15) is 18.2 Å². The van der Waals surface area contributed by atoms with Gasteiger partial charge in [0.25, 0.3) is 5.90 Å². The predicted octanol–water partition coefficient (Wildman–Crippen LogP) is 1.49. The van der Waals surface area contributed by atoms with Crippen molar-refractivity contribution in [1.82, 2.24) is 9.78 Å². The van der Waals surface area contributed by atoms with Crippen LogP contribution in [0.15, 0.2) is 5.16 Å². The highest BCUT2D eigenvalue weighted by atomic mass is 32.1. The van der Waals surface area contributed by atoms with E-state index in [2.05, 4.69) is 10.3 Å². The van der Waals surface area contributed by atoms with Crippen molar-refractivity contribution in [1.29, 1.82) is 0 Å². The monoisotopic (exact) mass is 227 g/mol. The second kappa shape index (κ2) is 3.69. The number of aromatic amines is 1. The molecule has 0 fully saturated rings. The van der Waals surface area contributed by atoms with Gasteiger partial charge in [0.15, 0.2) is 6.61 Å². The van der Waals surface area contributed by atoms with Gasteiger partial charge in [0, 0.05) is 12.7 Å². The zero-order valence-corrected chi connectivity index (χ0v) is 9.72. The van der Waals surface area contributed by atoms with Crippen LogP contribution < -0.4 is 0 Å². The molecule has 2 heterocycles. The number of nitrogens with zero attached hydrogens (tertiary/aromatic N) is 2. The summed E-state index contributed by atoms with van der Waals surface area (Å²) >= 11 is 5.25. The molecule has 5 nitrogen and oxygen atoms in total. The Hall–Kier alpha value is -1.30. The number of hydrogen-bond acceptors (Lipinski definition) is 4. The summed E-state index contributed by atoms with van der Waals surface area (Å²) in [7, 11) is 1.85. The fourth-order valence-electron chi connectivity index (χ4n) is 1.49. The van der Waals surface area contributed by atoms with Gasteiger partial charge in [0.1, 0.15) is 10.7 Å². The lowest BCUT2D eigenvalue weighted by molar-refractivity contribution is 0.0195. The summed E-state index contributed by atoms with van der Waals surface area (Å²) in [5.41, 5.74) is 1.73. The maximum atomic E-state index is 5.57. The van der Waals surface area contributed by atoms with Crippen LogP contribution in [0.4, 0.5) is 0 Å². The second-order valence-electron chi connectivity index (χ2n) is 3.60. The molecule has 0 spiro atoms. The Morgan fingerprint density at radius 1 is 1.60 bits per heavy atom. The molecule has 6 heteroatoms. The smallest absolute Gasteiger partial charge is 0.262 e. The summed E-state index contributed by atoms with van der Waals surface area (Å²) in [6.07, 6.45) is 0.00602. The first-order chi connectivity index (χ1) is 7.09. The van der Waals surface area contributed by atoms with Crippen LogP contribution in [0.25, 0.3) is 0 Å². The summed E-state index contributed by atoms with van der Waals surface area (Å²) in [5, 5.41) is 6.96. The number of rotatable bonds is 1. The van der Waals surface area contributed by atoms with Crippen LogP contribution in [0.3, 0.4) is 0 Å². The average Bonchev–Trinajstić information content (AvgIpc) is 2.41. The molecule has 1 atom stereocenters. The number of oxime groups is 1. The second-order valence-corrected chi connectivity index (χ2v) is 3.98. The highest BCUT2D eigenvalue weighted by Crippen LogP contribution is 2.15. The van der Waals surface area contributed by atoms with Gasteiger partial charge in [0.05, 0.1) is 5.56 Å². The topological polar surface area (TPSA) is 51.5 Å². The molecular weight excluding hydrogens is 214 g/mol. The van der Waals surface area contributed by atoms with E-state index in [0.717, 1.165) is 11.3 Å². The van der Waals surface area contributed by atoms with E-state index in [1.807, 2.05) is 20.9 Å². The van der Waals surface area contributed by atoms with Gasteiger partial charge in [-0.05, 0) is 19.0 Å². The SMILES string of the molecule is Cc1[nH]n(C)c(=S)c1C1=NOCC(C)O1. The standard InChI is InChI=1S/C9H13N3O2S/c1-5-4-13-11-8(14-5)7-6(2)10-12(3)9(7)15/h5,10H,4H2,1-3H3. The molecular formula is C9H13N3O2S. The zero-order valence-electron chi connectivity index (χ0n) is 8.90. The number of aryl methyl sites for hydroxylation is 2. The van der Waals surface area contributed by atoms with Crippen LogP contribution in [-0.4, -0.2) is 28.4 Å². The van der Waals surface area contributed by atoms with Crippen molar-refractivity contribution in [3.05, 3.63) is 15.9 Å². The van der Waals surface area contributed by atoms with Crippen molar-refractivity contribution >= 4 is 18.1 Å². The van der Waals surface area contributed by atoms with Crippen molar-refractivity contribution in [2.24, 2.45) is 12.2 Å². The normalized spacial score (nSPS) is 20.5. The van der Waals surface area contributed by atoms with Gasteiger partial charge in [-0.2, -0.15) is 0 Å². The molecule has 1 unspecified atom stereocenters. The molecule has 0 aliphatic carbocycles. The molecule has 0 aromatic carbocycles. The lowest BCUT2D eigenvalue weighted by Crippen LogP contribution is -2.25. The molecule has 15 heavy (non-hydrogen) atoms. The van der Waals surface area contributed by atoms with Crippen LogP contribution >= 0.6 is 12.2 Å². The number of ether oxygens (including phenoxy) is 1. The van der Waals surface area contributed by atoms with E-state index >= 15 is 0 Å². The van der Waals surface area contributed by atoms with Crippen LogP contribution in [0.5, 0.6) is 0 Å². The first-order valence-electron chi connectivity index (χ1n) is 4.72. The maximum Gasteiger partial charge on any atom is 0.262 e. The third-order valence-electron chi connectivity index (χ3n) is 2.21. The van der Waals surface area contributed by atoms with Gasteiger partial charge in [0.2, 0.25) is 0 Å². The molecule has 82 valence electrons. The molecule has 0 amide bonds. The Morgan fingerprint density at radius 2 is 2.33 bits per heavy atom. The van der Waals surface area contributed by atoms with E-state index in [1.165, 1.54) is 0 Å². The van der Waals surface area contributed by atoms with E-state index in [-0.39, 0.29) is 6.10 Å². The third kappa shape index (κ3) is 1.77.